The first-order valence-electron chi connectivity index (χ1n) is 6.46. The van der Waals surface area contributed by atoms with Gasteiger partial charge in [0.15, 0.2) is 0 Å². The first-order valence-corrected chi connectivity index (χ1v) is 7.45. The quantitative estimate of drug-likeness (QED) is 0.327. The van der Waals surface area contributed by atoms with Gasteiger partial charge in [-0.05, 0) is 19.1 Å². The number of nitrogen functional groups attached to an aromatic ring is 2. The third kappa shape index (κ3) is 4.02. The summed E-state index contributed by atoms with van der Waals surface area (Å²) in [6, 6.07) is 7.18. The number of amides is 1. The highest BCUT2D eigenvalue weighted by atomic mass is 32.2. The van der Waals surface area contributed by atoms with Crippen LogP contribution in [0, 0.1) is 0 Å². The maximum absolute atomic E-state index is 11.9. The van der Waals surface area contributed by atoms with Crippen molar-refractivity contribution >= 4 is 29.3 Å². The van der Waals surface area contributed by atoms with Crippen molar-refractivity contribution in [3.63, 3.8) is 0 Å². The van der Waals surface area contributed by atoms with E-state index in [-0.39, 0.29) is 17.6 Å². The summed E-state index contributed by atoms with van der Waals surface area (Å²) in [5.74, 6) is 11.8. The van der Waals surface area contributed by atoms with Crippen LogP contribution < -0.4 is 27.2 Å². The summed E-state index contributed by atoms with van der Waals surface area (Å²) in [6.45, 7) is 2.46. The van der Waals surface area contributed by atoms with Gasteiger partial charge in [-0.2, -0.15) is 0 Å². The van der Waals surface area contributed by atoms with Crippen LogP contribution in [0.2, 0.25) is 0 Å². The van der Waals surface area contributed by atoms with Gasteiger partial charge in [0.25, 0.3) is 5.95 Å². The second-order valence-corrected chi connectivity index (χ2v) is 5.06. The summed E-state index contributed by atoms with van der Waals surface area (Å²) in [4.78, 5) is 11.9. The van der Waals surface area contributed by atoms with Gasteiger partial charge in [0.1, 0.15) is 5.75 Å². The molecule has 1 amide bonds. The smallest absolute Gasteiger partial charge is 0.258 e. The lowest BCUT2D eigenvalue weighted by atomic mass is 10.3. The molecule has 0 aliphatic carbocycles. The van der Waals surface area contributed by atoms with Gasteiger partial charge in [0, 0.05) is 11.8 Å². The zero-order chi connectivity index (χ0) is 15.9. The van der Waals surface area contributed by atoms with E-state index in [9.17, 15) is 4.79 Å². The molecule has 6 N–H and O–H groups in total. The number of nitrogens with two attached hydrogens (primary N) is 2. The van der Waals surface area contributed by atoms with Crippen molar-refractivity contribution in [1.29, 1.82) is 0 Å². The number of rotatable bonds is 7. The molecule has 0 saturated heterocycles. The lowest BCUT2D eigenvalue weighted by Crippen LogP contribution is -2.19. The third-order valence-corrected chi connectivity index (χ3v) is 3.50. The zero-order valence-corrected chi connectivity index (χ0v) is 12.8. The monoisotopic (exact) mass is 323 g/mol. The fourth-order valence-corrected chi connectivity index (χ4v) is 2.29. The number of anilines is 2. The maximum Gasteiger partial charge on any atom is 0.258 e. The molecule has 0 atom stereocenters. The van der Waals surface area contributed by atoms with Crippen LogP contribution in [0.1, 0.15) is 6.92 Å². The van der Waals surface area contributed by atoms with Crippen molar-refractivity contribution < 1.29 is 9.53 Å². The van der Waals surface area contributed by atoms with Crippen molar-refractivity contribution in [1.82, 2.24) is 14.9 Å². The minimum atomic E-state index is -0.191. The number of benzene rings is 1. The van der Waals surface area contributed by atoms with Crippen molar-refractivity contribution in [2.45, 2.75) is 12.1 Å². The molecular weight excluding hydrogens is 306 g/mol. The van der Waals surface area contributed by atoms with Crippen molar-refractivity contribution in [3.8, 4) is 5.75 Å². The molecule has 10 heteroatoms. The zero-order valence-electron chi connectivity index (χ0n) is 11.9. The Morgan fingerprint density at radius 1 is 1.45 bits per heavy atom. The Bertz CT molecular complexity index is 646. The number of nitrogens with one attached hydrogen (secondary N) is 2. The average molecular weight is 323 g/mol. The van der Waals surface area contributed by atoms with Crippen molar-refractivity contribution in [2.75, 3.05) is 28.9 Å². The molecule has 0 saturated carbocycles. The van der Waals surface area contributed by atoms with Crippen LogP contribution in [0.3, 0.4) is 0 Å². The van der Waals surface area contributed by atoms with E-state index >= 15 is 0 Å². The first-order chi connectivity index (χ1) is 10.6. The normalized spacial score (nSPS) is 10.3. The van der Waals surface area contributed by atoms with Crippen molar-refractivity contribution in [3.05, 3.63) is 24.3 Å². The van der Waals surface area contributed by atoms with E-state index in [1.807, 2.05) is 19.1 Å². The Morgan fingerprint density at radius 2 is 2.27 bits per heavy atom. The van der Waals surface area contributed by atoms with Gasteiger partial charge in [0.2, 0.25) is 11.1 Å². The minimum Gasteiger partial charge on any atom is -0.494 e. The van der Waals surface area contributed by atoms with Crippen LogP contribution in [-0.2, 0) is 4.79 Å². The van der Waals surface area contributed by atoms with E-state index in [1.54, 1.807) is 12.1 Å². The summed E-state index contributed by atoms with van der Waals surface area (Å²) in [5.41, 5.74) is 2.96. The Balaban J connectivity index is 1.90. The molecule has 0 unspecified atom stereocenters. The second-order valence-electron chi connectivity index (χ2n) is 4.12. The van der Waals surface area contributed by atoms with Gasteiger partial charge in [0.05, 0.1) is 12.4 Å². The predicted octanol–water partition coefficient (Wildman–Crippen LogP) is 0.407. The molecule has 1 heterocycles. The number of aromatic nitrogens is 3. The number of ether oxygens (including phenoxy) is 1. The number of hydrazine groups is 1. The van der Waals surface area contributed by atoms with Gasteiger partial charge < -0.3 is 15.9 Å². The highest BCUT2D eigenvalue weighted by Crippen LogP contribution is 2.19. The number of hydrogen-bond acceptors (Lipinski definition) is 8. The van der Waals surface area contributed by atoms with E-state index in [2.05, 4.69) is 20.9 Å². The van der Waals surface area contributed by atoms with E-state index in [0.717, 1.165) is 11.8 Å². The lowest BCUT2D eigenvalue weighted by Gasteiger charge is -2.07. The fraction of sp³-hybridized carbons (Fsp3) is 0.250. The SMILES string of the molecule is CCOc1cccc(NC(=O)CSc2nnc(NN)n2N)c1. The number of nitrogens with zero attached hydrogens (tertiary/aromatic N) is 3. The number of thioether (sulfide) groups is 1. The molecule has 0 spiro atoms. The Hall–Kier alpha value is -2.46. The van der Waals surface area contributed by atoms with Gasteiger partial charge in [-0.3, -0.25) is 10.2 Å². The van der Waals surface area contributed by atoms with Gasteiger partial charge in [-0.15, -0.1) is 10.2 Å². The van der Waals surface area contributed by atoms with Gasteiger partial charge in [-0.25, -0.2) is 10.5 Å². The molecule has 0 aliphatic heterocycles. The van der Waals surface area contributed by atoms with E-state index in [1.165, 1.54) is 4.68 Å². The van der Waals surface area contributed by atoms with E-state index in [0.29, 0.717) is 23.2 Å². The van der Waals surface area contributed by atoms with Crippen molar-refractivity contribution in [2.24, 2.45) is 5.84 Å². The third-order valence-electron chi connectivity index (χ3n) is 2.55. The predicted molar refractivity (Wildman–Crippen MR) is 84.9 cm³/mol. The standard InChI is InChI=1S/C12H17N7O2S/c1-2-21-9-5-3-4-8(6-9)15-10(20)7-22-12-18-17-11(16-13)19(12)14/h3-6H,2,7,13-14H2,1H3,(H,15,20)(H,16,17). The van der Waals surface area contributed by atoms with Gasteiger partial charge in [-0.1, -0.05) is 17.8 Å². The van der Waals surface area contributed by atoms with Crippen LogP contribution in [-0.4, -0.2) is 33.1 Å². The first kappa shape index (κ1) is 15.9. The second kappa shape index (κ2) is 7.52. The molecule has 0 bridgehead atoms. The number of carbonyl (C=O) groups is 1. The highest BCUT2D eigenvalue weighted by molar-refractivity contribution is 7.99. The highest BCUT2D eigenvalue weighted by Gasteiger charge is 2.11. The summed E-state index contributed by atoms with van der Waals surface area (Å²) < 4.78 is 6.55. The summed E-state index contributed by atoms with van der Waals surface area (Å²) in [6.07, 6.45) is 0. The minimum absolute atomic E-state index is 0.138. The summed E-state index contributed by atoms with van der Waals surface area (Å²) in [7, 11) is 0. The summed E-state index contributed by atoms with van der Waals surface area (Å²) >= 11 is 1.15. The molecule has 1 aromatic heterocycles. The van der Waals surface area contributed by atoms with Crippen LogP contribution in [0.15, 0.2) is 29.4 Å². The van der Waals surface area contributed by atoms with Crippen LogP contribution in [0.4, 0.5) is 11.6 Å². The lowest BCUT2D eigenvalue weighted by molar-refractivity contribution is -0.113. The Kier molecular flexibility index (Phi) is 5.44. The molecule has 0 aliphatic rings. The number of hydrogen-bond donors (Lipinski definition) is 4. The topological polar surface area (TPSA) is 133 Å². The van der Waals surface area contributed by atoms with Crippen LogP contribution >= 0.6 is 11.8 Å². The number of carbonyl (C=O) groups excluding carboxylic acids is 1. The molecular formula is C12H17N7O2S. The molecule has 0 fully saturated rings. The fourth-order valence-electron chi connectivity index (χ4n) is 1.63. The molecule has 118 valence electrons. The largest absolute Gasteiger partial charge is 0.494 e. The Labute approximate surface area is 131 Å². The van der Waals surface area contributed by atoms with Gasteiger partial charge >= 0.3 is 0 Å². The maximum atomic E-state index is 11.9. The average Bonchev–Trinajstić information content (AvgIpc) is 2.86. The van der Waals surface area contributed by atoms with Crippen LogP contribution in [0.25, 0.3) is 0 Å². The molecule has 0 radical (unpaired) electrons. The molecule has 2 rings (SSSR count). The van der Waals surface area contributed by atoms with Crippen LogP contribution in [0.5, 0.6) is 5.75 Å². The molecule has 1 aromatic carbocycles. The molecule has 9 nitrogen and oxygen atoms in total. The van der Waals surface area contributed by atoms with E-state index in [4.69, 9.17) is 16.4 Å². The summed E-state index contributed by atoms with van der Waals surface area (Å²) in [5, 5.41) is 10.7. The molecule has 2 aromatic rings. The van der Waals surface area contributed by atoms with E-state index < -0.39 is 0 Å². The Morgan fingerprint density at radius 3 is 2.95 bits per heavy atom. The molecule has 22 heavy (non-hydrogen) atoms.